The normalized spacial score (nSPS) is 46.5. The van der Waals surface area contributed by atoms with E-state index in [2.05, 4.69) is 25.5 Å². The maximum absolute atomic E-state index is 13.3. The van der Waals surface area contributed by atoms with Crippen molar-refractivity contribution < 1.29 is 29.3 Å². The van der Waals surface area contributed by atoms with Crippen LogP contribution in [0.2, 0.25) is 0 Å². The molecule has 7 nitrogen and oxygen atoms in total. The van der Waals surface area contributed by atoms with Gasteiger partial charge in [-0.3, -0.25) is 4.79 Å². The lowest BCUT2D eigenvalue weighted by Crippen LogP contribution is -2.77. The number of likely N-dealkylation sites (tertiary alicyclic amines) is 1. The van der Waals surface area contributed by atoms with Crippen molar-refractivity contribution in [1.82, 2.24) is 4.90 Å². The number of carbonyl (C=O) groups is 2. The van der Waals surface area contributed by atoms with Gasteiger partial charge in [-0.2, -0.15) is 0 Å². The molecule has 0 amide bonds. The molecular formula is C30H39NO6. The molecule has 1 aromatic rings. The molecule has 1 aromatic carbocycles. The van der Waals surface area contributed by atoms with Gasteiger partial charge < -0.3 is 24.6 Å². The maximum Gasteiger partial charge on any atom is 0.338 e. The second-order valence-corrected chi connectivity index (χ2v) is 13.0. The van der Waals surface area contributed by atoms with Crippen LogP contribution in [-0.4, -0.2) is 71.6 Å². The molecule has 1 aliphatic heterocycles. The summed E-state index contributed by atoms with van der Waals surface area (Å²) in [5.41, 5.74) is -0.199. The molecule has 200 valence electrons. The molecule has 1 spiro atoms. The van der Waals surface area contributed by atoms with E-state index in [4.69, 9.17) is 9.47 Å². The highest BCUT2D eigenvalue weighted by atomic mass is 16.5. The topological polar surface area (TPSA) is 96.3 Å². The first kappa shape index (κ1) is 25.1. The van der Waals surface area contributed by atoms with Crippen molar-refractivity contribution in [3.63, 3.8) is 0 Å². The van der Waals surface area contributed by atoms with E-state index in [0.29, 0.717) is 37.8 Å². The summed E-state index contributed by atoms with van der Waals surface area (Å²) in [6.07, 6.45) is 0.864. The van der Waals surface area contributed by atoms with E-state index in [1.807, 2.05) is 18.2 Å². The first-order valence-electron chi connectivity index (χ1n) is 13.7. The first-order valence-corrected chi connectivity index (χ1v) is 13.7. The van der Waals surface area contributed by atoms with Crippen LogP contribution in [-0.2, 0) is 14.3 Å². The first-order chi connectivity index (χ1) is 17.5. The lowest BCUT2D eigenvalue weighted by Gasteiger charge is -2.72. The molecule has 6 rings (SSSR count). The Morgan fingerprint density at radius 3 is 2.49 bits per heavy atom. The van der Waals surface area contributed by atoms with Crippen molar-refractivity contribution in [3.8, 4) is 0 Å². The number of fused-ring (bicyclic) bond motifs is 1. The number of esters is 2. The molecule has 37 heavy (non-hydrogen) atoms. The van der Waals surface area contributed by atoms with Crippen LogP contribution >= 0.6 is 0 Å². The Balaban J connectivity index is 1.50. The van der Waals surface area contributed by atoms with Gasteiger partial charge in [0.05, 0.1) is 17.8 Å². The quantitative estimate of drug-likeness (QED) is 0.477. The monoisotopic (exact) mass is 509 g/mol. The van der Waals surface area contributed by atoms with Crippen molar-refractivity contribution >= 4 is 11.9 Å². The molecule has 4 bridgehead atoms. The van der Waals surface area contributed by atoms with Crippen molar-refractivity contribution in [3.05, 3.63) is 48.0 Å². The molecule has 2 N–H and O–H groups in total. The van der Waals surface area contributed by atoms with Crippen LogP contribution < -0.4 is 0 Å². The third kappa shape index (κ3) is 3.43. The molecule has 0 unspecified atom stereocenters. The van der Waals surface area contributed by atoms with Crippen LogP contribution in [0.3, 0.4) is 0 Å². The minimum Gasteiger partial charge on any atom is -0.462 e. The predicted molar refractivity (Wildman–Crippen MR) is 136 cm³/mol. The minimum atomic E-state index is -0.672. The third-order valence-electron chi connectivity index (χ3n) is 10.7. The molecule has 0 aromatic heterocycles. The van der Waals surface area contributed by atoms with Gasteiger partial charge in [-0.15, -0.1) is 0 Å². The van der Waals surface area contributed by atoms with E-state index in [9.17, 15) is 19.8 Å². The van der Waals surface area contributed by atoms with Crippen LogP contribution in [0, 0.1) is 34.0 Å². The lowest BCUT2D eigenvalue weighted by molar-refractivity contribution is -0.303. The Hall–Kier alpha value is -2.22. The molecule has 1 saturated heterocycles. The number of hydrogen-bond acceptors (Lipinski definition) is 7. The van der Waals surface area contributed by atoms with Crippen molar-refractivity contribution in [2.45, 2.75) is 70.4 Å². The molecular weight excluding hydrogens is 470 g/mol. The van der Waals surface area contributed by atoms with Gasteiger partial charge in [-0.25, -0.2) is 4.79 Å². The van der Waals surface area contributed by atoms with E-state index in [0.717, 1.165) is 18.5 Å². The summed E-state index contributed by atoms with van der Waals surface area (Å²) in [6.45, 7) is 9.53. The predicted octanol–water partition coefficient (Wildman–Crippen LogP) is 3.20. The van der Waals surface area contributed by atoms with Crippen LogP contribution in [0.15, 0.2) is 42.5 Å². The number of rotatable bonds is 3. The number of benzene rings is 1. The second-order valence-electron chi connectivity index (χ2n) is 13.0. The smallest absolute Gasteiger partial charge is 0.338 e. The van der Waals surface area contributed by atoms with Gasteiger partial charge in [-0.05, 0) is 68.2 Å². The van der Waals surface area contributed by atoms with E-state index in [1.165, 1.54) is 6.92 Å². The highest BCUT2D eigenvalue weighted by Gasteiger charge is 2.77. The van der Waals surface area contributed by atoms with E-state index in [1.54, 1.807) is 12.1 Å². The Labute approximate surface area is 218 Å². The Morgan fingerprint density at radius 1 is 1.05 bits per heavy atom. The van der Waals surface area contributed by atoms with E-state index < -0.39 is 41.2 Å². The van der Waals surface area contributed by atoms with Gasteiger partial charge in [-0.1, -0.05) is 31.7 Å². The average Bonchev–Trinajstić information content (AvgIpc) is 3.01. The summed E-state index contributed by atoms with van der Waals surface area (Å²) in [6, 6.07) is 8.94. The fourth-order valence-corrected chi connectivity index (χ4v) is 10.2. The van der Waals surface area contributed by atoms with Crippen LogP contribution in [0.1, 0.15) is 56.3 Å². The van der Waals surface area contributed by atoms with Gasteiger partial charge in [0.2, 0.25) is 0 Å². The molecule has 7 heteroatoms. The highest BCUT2D eigenvalue weighted by molar-refractivity contribution is 5.89. The molecule has 10 atom stereocenters. The standard InChI is InChI=1S/C30H39NO6/c1-17-20-12-21(33)25-29(13-20,26(17)37-27(35)19-8-6-5-7-9-19)14-22(34)24-28(3)11-10-23(36-18(2)32)30(24,25)16-31(4)15-28/h5-9,20-26,33-34H,1,10-16H2,2-4H3/t20-,21+,22-,23+,24-,25-,26-,28+,29+,30-/m1/s1. The zero-order valence-electron chi connectivity index (χ0n) is 22.1. The minimum absolute atomic E-state index is 0.0171. The summed E-state index contributed by atoms with van der Waals surface area (Å²) >= 11 is 0. The Morgan fingerprint density at radius 2 is 1.78 bits per heavy atom. The summed E-state index contributed by atoms with van der Waals surface area (Å²) in [7, 11) is 2.08. The van der Waals surface area contributed by atoms with Gasteiger partial charge in [0.15, 0.2) is 0 Å². The fourth-order valence-electron chi connectivity index (χ4n) is 10.2. The van der Waals surface area contributed by atoms with E-state index >= 15 is 0 Å². The molecule has 5 aliphatic rings. The molecule has 0 radical (unpaired) electrons. The number of hydrogen-bond donors (Lipinski definition) is 2. The number of ether oxygens (including phenoxy) is 2. The number of carbonyl (C=O) groups excluding carboxylic acids is 2. The largest absolute Gasteiger partial charge is 0.462 e. The fraction of sp³-hybridized carbons (Fsp3) is 0.667. The molecule has 4 saturated carbocycles. The van der Waals surface area contributed by atoms with Crippen LogP contribution in [0.25, 0.3) is 0 Å². The number of aliphatic hydroxyl groups is 2. The number of piperidine rings is 1. The number of aliphatic hydroxyl groups excluding tert-OH is 2. The maximum atomic E-state index is 13.3. The summed E-state index contributed by atoms with van der Waals surface area (Å²) in [5.74, 6) is -1.17. The van der Waals surface area contributed by atoms with Gasteiger partial charge in [0.1, 0.15) is 12.2 Å². The van der Waals surface area contributed by atoms with Gasteiger partial charge in [0, 0.05) is 42.7 Å². The third-order valence-corrected chi connectivity index (χ3v) is 10.7. The summed E-state index contributed by atoms with van der Waals surface area (Å²) < 4.78 is 12.4. The zero-order valence-corrected chi connectivity index (χ0v) is 22.1. The SMILES string of the molecule is C=C1[C@@H]2C[C@H](O)[C@@H]3[C@](C2)(C[C@@H](O)[C@@H]2[C@@]4(C)CC[C@H](OC(C)=O)[C@]23CN(C)C4)[C@@H]1OC(=O)c1ccccc1. The zero-order chi connectivity index (χ0) is 26.3. The van der Waals surface area contributed by atoms with Gasteiger partial charge >= 0.3 is 11.9 Å². The van der Waals surface area contributed by atoms with Crippen LogP contribution in [0.4, 0.5) is 0 Å². The van der Waals surface area contributed by atoms with Crippen LogP contribution in [0.5, 0.6) is 0 Å². The van der Waals surface area contributed by atoms with Crippen molar-refractivity contribution in [2.75, 3.05) is 20.1 Å². The number of nitrogens with zero attached hydrogens (tertiary/aromatic N) is 1. The summed E-state index contributed by atoms with van der Waals surface area (Å²) in [5, 5.41) is 23.9. The average molecular weight is 510 g/mol. The van der Waals surface area contributed by atoms with E-state index in [-0.39, 0.29) is 29.1 Å². The lowest BCUT2D eigenvalue weighted by atomic mass is 9.36. The molecule has 5 fully saturated rings. The molecule has 1 heterocycles. The second kappa shape index (κ2) is 8.39. The molecule has 4 aliphatic carbocycles. The van der Waals surface area contributed by atoms with Gasteiger partial charge in [0.25, 0.3) is 0 Å². The Bertz CT molecular complexity index is 1120. The van der Waals surface area contributed by atoms with Crippen molar-refractivity contribution in [1.29, 1.82) is 0 Å². The highest BCUT2D eigenvalue weighted by Crippen LogP contribution is 2.74. The summed E-state index contributed by atoms with van der Waals surface area (Å²) in [4.78, 5) is 28.0. The van der Waals surface area contributed by atoms with Crippen molar-refractivity contribution in [2.24, 2.45) is 34.0 Å². The Kier molecular flexibility index (Phi) is 5.69.